The second-order valence-corrected chi connectivity index (χ2v) is 13.6. The van der Waals surface area contributed by atoms with Gasteiger partial charge in [0.25, 0.3) is 0 Å². The summed E-state index contributed by atoms with van der Waals surface area (Å²) < 4.78 is 21.1. The van der Waals surface area contributed by atoms with Gasteiger partial charge in [0.2, 0.25) is 11.8 Å². The van der Waals surface area contributed by atoms with Crippen molar-refractivity contribution < 1.29 is 74.7 Å². The summed E-state index contributed by atoms with van der Waals surface area (Å²) in [5.41, 5.74) is 4.87. The van der Waals surface area contributed by atoms with Crippen molar-refractivity contribution in [3.8, 4) is 11.5 Å². The van der Waals surface area contributed by atoms with Crippen molar-refractivity contribution in [3.05, 3.63) is 162 Å². The van der Waals surface area contributed by atoms with Gasteiger partial charge in [-0.25, -0.2) is 5.16 Å². The zero-order valence-electron chi connectivity index (χ0n) is 30.6. The molecule has 6 aromatic rings. The number of amides is 1. The van der Waals surface area contributed by atoms with Gasteiger partial charge in [0.15, 0.2) is 0 Å². The standard InChI is InChI=1S/C22H24N2O3.C13H11O.C7H10NO.K/c1-22(2,3)19-14-21(27-24-19)23-20(25)13-16-9-11-17(12-10-16)15-26-18-7-5-4-6-8-18;1-3-7-12(8-4-1)11-14-13-9-5-2-6-10-13;1-7(2,3)6-4-5-9-8-6;/h4-12,14H,13,15H2,1-3H3,(H,23,25);1,3-10H,11H2;4H,1-3H3;/q;2*-1;+1. The van der Waals surface area contributed by atoms with E-state index >= 15 is 0 Å². The topological polar surface area (TPSA) is 99.6 Å². The third kappa shape index (κ3) is 15.4. The van der Waals surface area contributed by atoms with Gasteiger partial charge in [-0.3, -0.25) is 10.1 Å². The Morgan fingerprint density at radius 2 is 1.22 bits per heavy atom. The van der Waals surface area contributed by atoms with Crippen LogP contribution >= 0.6 is 0 Å². The predicted molar refractivity (Wildman–Crippen MR) is 195 cm³/mol. The summed E-state index contributed by atoms with van der Waals surface area (Å²) in [5, 5.41) is 10.5. The first-order chi connectivity index (χ1) is 24.0. The van der Waals surface area contributed by atoms with Crippen LogP contribution in [0.2, 0.25) is 0 Å². The SMILES string of the molecule is CC(C)(C)c1c[c-]on1.CC(C)(C)c1cc(NC(=O)Cc2ccc(COc3ccccc3)cc2)on1.[K+].[c-]1ccc(OCc2ccccc2)cc1. The zero-order valence-corrected chi connectivity index (χ0v) is 33.7. The summed E-state index contributed by atoms with van der Waals surface area (Å²) in [4.78, 5) is 12.2. The summed E-state index contributed by atoms with van der Waals surface area (Å²) >= 11 is 0. The van der Waals surface area contributed by atoms with Crippen LogP contribution in [0.5, 0.6) is 11.5 Å². The number of carbonyl (C=O) groups excluding carboxylic acids is 1. The van der Waals surface area contributed by atoms with E-state index < -0.39 is 0 Å². The number of rotatable bonds is 9. The molecule has 51 heavy (non-hydrogen) atoms. The average molecular weight is 711 g/mol. The van der Waals surface area contributed by atoms with Crippen LogP contribution in [0.15, 0.2) is 130 Å². The van der Waals surface area contributed by atoms with Crippen LogP contribution in [0.1, 0.15) is 69.6 Å². The molecule has 2 heterocycles. The number of para-hydroxylation sites is 1. The largest absolute Gasteiger partial charge is 1.00 e. The molecule has 0 spiro atoms. The first kappa shape index (κ1) is 41.4. The molecule has 0 radical (unpaired) electrons. The van der Waals surface area contributed by atoms with Gasteiger partial charge in [-0.15, -0.1) is 12.1 Å². The Kier molecular flexibility index (Phi) is 16.9. The summed E-state index contributed by atoms with van der Waals surface area (Å²) in [6, 6.07) is 41.6. The van der Waals surface area contributed by atoms with Gasteiger partial charge in [-0.1, -0.05) is 131 Å². The number of nitrogens with zero attached hydrogens (tertiary/aromatic N) is 2. The number of nitrogens with one attached hydrogen (secondary N) is 1. The maximum atomic E-state index is 12.2. The van der Waals surface area contributed by atoms with Gasteiger partial charge in [-0.2, -0.15) is 24.3 Å². The van der Waals surface area contributed by atoms with Crippen molar-refractivity contribution in [2.24, 2.45) is 0 Å². The number of ether oxygens (including phenoxy) is 2. The normalized spacial score (nSPS) is 10.7. The molecule has 0 aliphatic rings. The van der Waals surface area contributed by atoms with Crippen molar-refractivity contribution in [2.75, 3.05) is 5.32 Å². The van der Waals surface area contributed by atoms with Crippen LogP contribution in [0.4, 0.5) is 5.88 Å². The summed E-state index contributed by atoms with van der Waals surface area (Å²) in [7, 11) is 0. The average Bonchev–Trinajstić information content (AvgIpc) is 3.83. The van der Waals surface area contributed by atoms with Gasteiger partial charge in [-0.05, 0) is 35.1 Å². The Bertz CT molecular complexity index is 1770. The van der Waals surface area contributed by atoms with Gasteiger partial charge >= 0.3 is 51.4 Å². The molecule has 1 amide bonds. The van der Waals surface area contributed by atoms with E-state index in [1.54, 1.807) is 12.1 Å². The molecule has 260 valence electrons. The quantitative estimate of drug-likeness (QED) is 0.134. The molecule has 1 N–H and O–H groups in total. The first-order valence-corrected chi connectivity index (χ1v) is 16.4. The second kappa shape index (κ2) is 20.8. The Morgan fingerprint density at radius 3 is 1.73 bits per heavy atom. The Balaban J connectivity index is 0.000000242. The number of hydrogen-bond acceptors (Lipinski definition) is 7. The van der Waals surface area contributed by atoms with Crippen molar-refractivity contribution in [3.63, 3.8) is 0 Å². The van der Waals surface area contributed by atoms with Crippen LogP contribution in [-0.2, 0) is 35.3 Å². The van der Waals surface area contributed by atoms with Gasteiger partial charge in [0, 0.05) is 17.2 Å². The van der Waals surface area contributed by atoms with Gasteiger partial charge in [0.05, 0.1) is 12.1 Å². The third-order valence-electron chi connectivity index (χ3n) is 7.17. The molecule has 0 atom stereocenters. The fourth-order valence-corrected chi connectivity index (χ4v) is 4.24. The molecule has 0 unspecified atom stereocenters. The molecule has 4 aromatic carbocycles. The van der Waals surface area contributed by atoms with E-state index in [0.29, 0.717) is 19.1 Å². The van der Waals surface area contributed by atoms with Crippen molar-refractivity contribution >= 4 is 11.8 Å². The number of anilines is 1. The summed E-state index contributed by atoms with van der Waals surface area (Å²) in [6.45, 7) is 13.5. The molecule has 6 rings (SSSR count). The zero-order chi connectivity index (χ0) is 35.8. The maximum absolute atomic E-state index is 12.2. The number of hydrogen-bond donors (Lipinski definition) is 1. The van der Waals surface area contributed by atoms with Crippen LogP contribution in [0, 0.1) is 12.3 Å². The molecule has 2 aromatic heterocycles. The minimum Gasteiger partial charge on any atom is -0.514 e. The molecule has 0 saturated carbocycles. The Morgan fingerprint density at radius 1 is 0.686 bits per heavy atom. The van der Waals surface area contributed by atoms with E-state index in [-0.39, 0.29) is 74.5 Å². The predicted octanol–water partition coefficient (Wildman–Crippen LogP) is 6.57. The molecular formula is C42H45KN3O5-. The number of benzene rings is 4. The van der Waals surface area contributed by atoms with E-state index in [4.69, 9.17) is 14.0 Å². The first-order valence-electron chi connectivity index (χ1n) is 16.4. The van der Waals surface area contributed by atoms with Crippen LogP contribution in [0.25, 0.3) is 0 Å². The molecule has 0 fully saturated rings. The van der Waals surface area contributed by atoms with E-state index in [1.165, 1.54) is 5.56 Å². The molecule has 0 saturated heterocycles. The van der Waals surface area contributed by atoms with Gasteiger partial charge in [0.1, 0.15) is 19.0 Å². The Labute approximate surface area is 344 Å². The monoisotopic (exact) mass is 710 g/mol. The number of aromatic nitrogens is 2. The van der Waals surface area contributed by atoms with Crippen LogP contribution in [0.3, 0.4) is 0 Å². The van der Waals surface area contributed by atoms with Gasteiger partial charge < -0.3 is 18.5 Å². The molecule has 8 nitrogen and oxygen atoms in total. The molecule has 9 heteroatoms. The minimum atomic E-state index is -0.139. The van der Waals surface area contributed by atoms with E-state index in [1.807, 2.05) is 118 Å². The van der Waals surface area contributed by atoms with E-state index in [2.05, 4.69) is 65.4 Å². The molecule has 0 aliphatic carbocycles. The maximum Gasteiger partial charge on any atom is 1.00 e. The summed E-state index contributed by atoms with van der Waals surface area (Å²) in [6.07, 6.45) is 2.82. The molecule has 0 aliphatic heterocycles. The fraction of sp³-hybridized carbons (Fsp3) is 0.262. The van der Waals surface area contributed by atoms with Crippen LogP contribution in [-0.4, -0.2) is 16.2 Å². The Hall–Kier alpha value is -3.99. The molecular weight excluding hydrogens is 666 g/mol. The van der Waals surface area contributed by atoms with E-state index in [0.717, 1.165) is 34.0 Å². The molecule has 0 bridgehead atoms. The third-order valence-corrected chi connectivity index (χ3v) is 7.17. The van der Waals surface area contributed by atoms with E-state index in [9.17, 15) is 4.79 Å². The van der Waals surface area contributed by atoms with Crippen molar-refractivity contribution in [2.45, 2.75) is 72.0 Å². The number of carbonyl (C=O) groups is 1. The second-order valence-electron chi connectivity index (χ2n) is 13.6. The minimum absolute atomic E-state index is 0. The smallest absolute Gasteiger partial charge is 0.514 e. The van der Waals surface area contributed by atoms with Crippen molar-refractivity contribution in [1.82, 2.24) is 10.3 Å². The van der Waals surface area contributed by atoms with Crippen LogP contribution < -0.4 is 66.2 Å². The van der Waals surface area contributed by atoms with Crippen molar-refractivity contribution in [1.29, 1.82) is 0 Å². The summed E-state index contributed by atoms with van der Waals surface area (Å²) in [5.74, 6) is 1.95. The fourth-order valence-electron chi connectivity index (χ4n) is 4.24.